The van der Waals surface area contributed by atoms with Gasteiger partial charge in [-0.15, -0.1) is 0 Å². The summed E-state index contributed by atoms with van der Waals surface area (Å²) in [4.78, 5) is 0. The molecule has 8 heteroatoms. The summed E-state index contributed by atoms with van der Waals surface area (Å²) in [5.74, 6) is 0. The van der Waals surface area contributed by atoms with Gasteiger partial charge in [0.15, 0.2) is 0 Å². The zero-order chi connectivity index (χ0) is 15.5. The molecule has 0 aliphatic carbocycles. The van der Waals surface area contributed by atoms with Crippen molar-refractivity contribution in [1.29, 1.82) is 0 Å². The lowest BCUT2D eigenvalue weighted by molar-refractivity contribution is -0.0228. The maximum Gasteiger partial charge on any atom is 0.367 e. The highest BCUT2D eigenvalue weighted by Gasteiger charge is 2.41. The lowest BCUT2D eigenvalue weighted by Crippen LogP contribution is -2.38. The van der Waals surface area contributed by atoms with Crippen LogP contribution >= 0.6 is 19.4 Å². The Morgan fingerprint density at radius 3 is 2.10 bits per heavy atom. The minimum Gasteiger partial charge on any atom is -0.386 e. The second kappa shape index (κ2) is 7.40. The predicted molar refractivity (Wildman–Crippen MR) is 78.5 cm³/mol. The Balaban J connectivity index is 3.07. The van der Waals surface area contributed by atoms with E-state index in [0.717, 1.165) is 11.8 Å². The highest BCUT2D eigenvalue weighted by Crippen LogP contribution is 2.63. The molecule has 0 bridgehead atoms. The Hall–Kier alpha value is 0.120. The first kappa shape index (κ1) is 18.2. The normalized spacial score (nSPS) is 28.1. The third-order valence-corrected chi connectivity index (χ3v) is 6.54. The van der Waals surface area contributed by atoms with Crippen LogP contribution in [0, 0.1) is 0 Å². The number of ether oxygens (including phenoxy) is 1. The van der Waals surface area contributed by atoms with Crippen molar-refractivity contribution in [2.75, 3.05) is 7.11 Å². The van der Waals surface area contributed by atoms with E-state index in [1.807, 2.05) is 0 Å². The van der Waals surface area contributed by atoms with Crippen molar-refractivity contribution in [3.05, 3.63) is 10.7 Å². The summed E-state index contributed by atoms with van der Waals surface area (Å²) >= 11 is 1.05. The van der Waals surface area contributed by atoms with Crippen LogP contribution in [0.2, 0.25) is 0 Å². The van der Waals surface area contributed by atoms with Gasteiger partial charge in [-0.25, -0.2) is 0 Å². The summed E-state index contributed by atoms with van der Waals surface area (Å²) in [7, 11) is -2.14. The third kappa shape index (κ3) is 4.56. The largest absolute Gasteiger partial charge is 0.386 e. The number of rotatable bonds is 6. The molecule has 0 aromatic carbocycles. The van der Waals surface area contributed by atoms with Crippen molar-refractivity contribution in [2.45, 2.75) is 57.5 Å². The summed E-state index contributed by atoms with van der Waals surface area (Å²) in [5, 5.41) is 19.6. The Morgan fingerprint density at radius 2 is 1.70 bits per heavy atom. The van der Waals surface area contributed by atoms with Crippen molar-refractivity contribution in [3.63, 3.8) is 0 Å². The summed E-state index contributed by atoms with van der Waals surface area (Å²) in [6.45, 7) is 7.01. The van der Waals surface area contributed by atoms with E-state index in [1.54, 1.807) is 27.7 Å². The van der Waals surface area contributed by atoms with Crippen molar-refractivity contribution in [3.8, 4) is 0 Å². The molecule has 0 aromatic rings. The summed E-state index contributed by atoms with van der Waals surface area (Å²) < 4.78 is 29.2. The van der Waals surface area contributed by atoms with E-state index >= 15 is 0 Å². The maximum atomic E-state index is 12.9. The second-order valence-electron chi connectivity index (χ2n) is 5.01. The van der Waals surface area contributed by atoms with Crippen molar-refractivity contribution in [2.24, 2.45) is 0 Å². The summed E-state index contributed by atoms with van der Waals surface area (Å²) in [5.41, 5.74) is -0.718. The number of hydrogen-bond acceptors (Lipinski definition) is 7. The number of aliphatic hydroxyl groups is 2. The van der Waals surface area contributed by atoms with Crippen LogP contribution in [0.4, 0.5) is 0 Å². The first-order valence-electron chi connectivity index (χ1n) is 6.44. The zero-order valence-electron chi connectivity index (χ0n) is 12.3. The summed E-state index contributed by atoms with van der Waals surface area (Å²) in [6.07, 6.45) is -1.54. The van der Waals surface area contributed by atoms with Gasteiger partial charge in [-0.1, -0.05) is 11.8 Å². The Labute approximate surface area is 124 Å². The lowest BCUT2D eigenvalue weighted by atomic mass is 10.2. The van der Waals surface area contributed by atoms with Gasteiger partial charge in [0.2, 0.25) is 0 Å². The molecule has 0 radical (unpaired) electrons. The molecular formula is C12H23O6PS. The molecule has 1 aliphatic heterocycles. The molecule has 1 heterocycles. The fourth-order valence-corrected chi connectivity index (χ4v) is 5.30. The van der Waals surface area contributed by atoms with E-state index in [-0.39, 0.29) is 16.9 Å². The molecule has 0 spiro atoms. The van der Waals surface area contributed by atoms with Gasteiger partial charge in [0.05, 0.1) is 16.9 Å². The Morgan fingerprint density at radius 1 is 1.20 bits per heavy atom. The van der Waals surface area contributed by atoms with E-state index in [4.69, 9.17) is 13.8 Å². The quantitative estimate of drug-likeness (QED) is 0.724. The highest BCUT2D eigenvalue weighted by atomic mass is 32.2. The van der Waals surface area contributed by atoms with E-state index < -0.39 is 25.2 Å². The second-order valence-corrected chi connectivity index (χ2v) is 8.35. The van der Waals surface area contributed by atoms with Gasteiger partial charge >= 0.3 is 7.60 Å². The van der Waals surface area contributed by atoms with E-state index in [9.17, 15) is 14.8 Å². The molecule has 1 rings (SSSR count). The number of methoxy groups -OCH3 is 1. The number of thioether (sulfide) groups is 1. The van der Waals surface area contributed by atoms with Crippen LogP contribution in [0.5, 0.6) is 0 Å². The molecule has 3 atom stereocenters. The van der Waals surface area contributed by atoms with Crippen molar-refractivity contribution >= 4 is 19.4 Å². The van der Waals surface area contributed by atoms with E-state index in [1.165, 1.54) is 13.2 Å². The van der Waals surface area contributed by atoms with Crippen LogP contribution < -0.4 is 0 Å². The monoisotopic (exact) mass is 326 g/mol. The van der Waals surface area contributed by atoms with Crippen LogP contribution in [0.15, 0.2) is 10.7 Å². The first-order valence-corrected chi connectivity index (χ1v) is 8.86. The average molecular weight is 326 g/mol. The molecule has 0 fully saturated rings. The van der Waals surface area contributed by atoms with Gasteiger partial charge < -0.3 is 24.0 Å². The van der Waals surface area contributed by atoms with Gasteiger partial charge in [-0.3, -0.25) is 4.57 Å². The van der Waals surface area contributed by atoms with Crippen LogP contribution in [0.25, 0.3) is 0 Å². The van der Waals surface area contributed by atoms with Crippen LogP contribution in [0.3, 0.4) is 0 Å². The molecule has 6 nitrogen and oxygen atoms in total. The standard InChI is InChI=1S/C12H23O6PS/c1-7(2)17-19(15,18-8(3)4)10-6-9(13)11(14)12(16-5)20-10/h6-9,11-14H,1-5H3. The van der Waals surface area contributed by atoms with Crippen molar-refractivity contribution in [1.82, 2.24) is 0 Å². The van der Waals surface area contributed by atoms with Gasteiger partial charge in [-0.2, -0.15) is 0 Å². The zero-order valence-corrected chi connectivity index (χ0v) is 14.1. The molecular weight excluding hydrogens is 303 g/mol. The first-order chi connectivity index (χ1) is 9.19. The van der Waals surface area contributed by atoms with E-state index in [0.29, 0.717) is 0 Å². The lowest BCUT2D eigenvalue weighted by Gasteiger charge is -2.33. The molecule has 20 heavy (non-hydrogen) atoms. The fourth-order valence-electron chi connectivity index (χ4n) is 1.66. The van der Waals surface area contributed by atoms with Crippen LogP contribution in [0.1, 0.15) is 27.7 Å². The van der Waals surface area contributed by atoms with Crippen LogP contribution in [-0.2, 0) is 18.3 Å². The molecule has 0 amide bonds. The minimum absolute atomic E-state index is 0.268. The maximum absolute atomic E-state index is 12.9. The molecule has 2 N–H and O–H groups in total. The molecule has 118 valence electrons. The molecule has 1 aliphatic rings. The van der Waals surface area contributed by atoms with Gasteiger partial charge in [0, 0.05) is 7.11 Å². The van der Waals surface area contributed by atoms with Gasteiger partial charge in [-0.05, 0) is 33.8 Å². The molecule has 0 saturated heterocycles. The fraction of sp³-hybridized carbons (Fsp3) is 0.833. The smallest absolute Gasteiger partial charge is 0.367 e. The van der Waals surface area contributed by atoms with Gasteiger partial charge in [0.1, 0.15) is 17.6 Å². The Bertz CT molecular complexity index is 383. The SMILES string of the molecule is COC1SC(P(=O)(OC(C)C)OC(C)C)=CC(O)C1O. The molecule has 0 saturated carbocycles. The third-order valence-electron chi connectivity index (χ3n) is 2.38. The summed E-state index contributed by atoms with van der Waals surface area (Å²) in [6, 6.07) is 0. The Kier molecular flexibility index (Phi) is 6.73. The highest BCUT2D eigenvalue weighted by molar-refractivity contribution is 8.10. The van der Waals surface area contributed by atoms with Crippen LogP contribution in [-0.4, -0.2) is 47.2 Å². The number of hydrogen-bond donors (Lipinski definition) is 2. The molecule has 0 aromatic heterocycles. The minimum atomic E-state index is -3.55. The average Bonchev–Trinajstić information content (AvgIpc) is 2.30. The number of aliphatic hydroxyl groups excluding tert-OH is 2. The van der Waals surface area contributed by atoms with Gasteiger partial charge in [0.25, 0.3) is 0 Å². The predicted octanol–water partition coefficient (Wildman–Crippen LogP) is 2.31. The van der Waals surface area contributed by atoms with E-state index in [2.05, 4.69) is 0 Å². The topological polar surface area (TPSA) is 85.2 Å². The molecule has 3 unspecified atom stereocenters. The van der Waals surface area contributed by atoms with Crippen molar-refractivity contribution < 1.29 is 28.6 Å².